The van der Waals surface area contributed by atoms with Crippen molar-refractivity contribution in [2.45, 2.75) is 13.5 Å². The highest BCUT2D eigenvalue weighted by Gasteiger charge is 2.25. The molecule has 36 heavy (non-hydrogen) atoms. The normalized spacial score (nSPS) is 14.6. The number of fused-ring (bicyclic) bond motifs is 1. The summed E-state index contributed by atoms with van der Waals surface area (Å²) in [4.78, 5) is 49.0. The van der Waals surface area contributed by atoms with Gasteiger partial charge in [0.15, 0.2) is 11.3 Å². The Bertz CT molecular complexity index is 1320. The largest absolute Gasteiger partial charge is 0.501 e. The zero-order valence-corrected chi connectivity index (χ0v) is 20.3. The third-order valence-corrected chi connectivity index (χ3v) is 6.25. The number of pyridine rings is 1. The first-order valence-corrected chi connectivity index (χ1v) is 11.8. The number of hydrogen-bond donors (Lipinski definition) is 2. The maximum atomic E-state index is 13.2. The number of likely N-dealkylation sites (N-methyl/N-ethyl adjacent to an activating group) is 2. The summed E-state index contributed by atoms with van der Waals surface area (Å²) < 4.78 is 14.3. The summed E-state index contributed by atoms with van der Waals surface area (Å²) in [5, 5.41) is 13.0. The Morgan fingerprint density at radius 1 is 1.14 bits per heavy atom. The molecule has 2 amide bonds. The number of amides is 2. The van der Waals surface area contributed by atoms with E-state index in [1.54, 1.807) is 12.1 Å². The average Bonchev–Trinajstić information content (AvgIpc) is 2.87. The highest BCUT2D eigenvalue weighted by atomic mass is 19.1. The number of anilines is 1. The van der Waals surface area contributed by atoms with Crippen molar-refractivity contribution >= 4 is 23.1 Å². The van der Waals surface area contributed by atoms with Gasteiger partial charge in [-0.15, -0.1) is 0 Å². The van der Waals surface area contributed by atoms with Gasteiger partial charge >= 0.3 is 5.56 Å². The molecule has 190 valence electrons. The van der Waals surface area contributed by atoms with Crippen LogP contribution in [0.4, 0.5) is 10.1 Å². The molecular weight excluding hydrogens is 467 g/mol. The summed E-state index contributed by atoms with van der Waals surface area (Å²) in [7, 11) is 2.04. The molecule has 4 rings (SSSR count). The number of carbonyl (C=O) groups is 2. The standard InChI is InChI=1S/C25H29FN6O4/c1-3-31(20(33)16-30-13-11-29(2)12-14-30)19-5-4-10-32-23(19)28-21(22(34)25(32)36)24(35)27-15-17-6-8-18(26)9-7-17/h4-10,34H,3,11-16H2,1-2H3,(H,27,35). The molecule has 1 aromatic carbocycles. The molecule has 0 atom stereocenters. The zero-order valence-electron chi connectivity index (χ0n) is 20.3. The van der Waals surface area contributed by atoms with Crippen LogP contribution < -0.4 is 15.8 Å². The van der Waals surface area contributed by atoms with Crippen molar-refractivity contribution in [2.24, 2.45) is 0 Å². The number of aromatic nitrogens is 2. The van der Waals surface area contributed by atoms with Gasteiger partial charge in [-0.1, -0.05) is 12.1 Å². The van der Waals surface area contributed by atoms with Crippen LogP contribution in [-0.4, -0.2) is 82.4 Å². The number of benzene rings is 1. The highest BCUT2D eigenvalue weighted by molar-refractivity contribution is 5.99. The molecule has 1 fully saturated rings. The third-order valence-electron chi connectivity index (χ3n) is 6.25. The monoisotopic (exact) mass is 496 g/mol. The Morgan fingerprint density at radius 2 is 1.83 bits per heavy atom. The van der Waals surface area contributed by atoms with E-state index in [1.807, 2.05) is 14.0 Å². The van der Waals surface area contributed by atoms with Crippen LogP contribution in [0.2, 0.25) is 0 Å². The van der Waals surface area contributed by atoms with Gasteiger partial charge in [0.05, 0.1) is 12.2 Å². The van der Waals surface area contributed by atoms with Crippen LogP contribution in [-0.2, 0) is 11.3 Å². The van der Waals surface area contributed by atoms with Gasteiger partial charge in [-0.2, -0.15) is 0 Å². The number of nitrogens with one attached hydrogen (secondary N) is 1. The van der Waals surface area contributed by atoms with Crippen molar-refractivity contribution in [3.8, 4) is 5.75 Å². The smallest absolute Gasteiger partial charge is 0.300 e. The van der Waals surface area contributed by atoms with Gasteiger partial charge in [0, 0.05) is 45.5 Å². The molecule has 0 aliphatic carbocycles. The first-order chi connectivity index (χ1) is 17.3. The lowest BCUT2D eigenvalue weighted by Gasteiger charge is -2.33. The van der Waals surface area contributed by atoms with Crippen LogP contribution in [0.3, 0.4) is 0 Å². The second-order valence-corrected chi connectivity index (χ2v) is 8.73. The van der Waals surface area contributed by atoms with E-state index in [1.165, 1.54) is 35.4 Å². The summed E-state index contributed by atoms with van der Waals surface area (Å²) in [5.74, 6) is -2.12. The van der Waals surface area contributed by atoms with Crippen LogP contribution in [0.25, 0.3) is 5.65 Å². The van der Waals surface area contributed by atoms with Crippen LogP contribution in [0.15, 0.2) is 47.4 Å². The first kappa shape index (κ1) is 25.3. The fourth-order valence-corrected chi connectivity index (χ4v) is 4.14. The predicted octanol–water partition coefficient (Wildman–Crippen LogP) is 1.07. The van der Waals surface area contributed by atoms with Crippen LogP contribution in [0, 0.1) is 5.82 Å². The van der Waals surface area contributed by atoms with Crippen molar-refractivity contribution in [1.29, 1.82) is 0 Å². The van der Waals surface area contributed by atoms with Gasteiger partial charge in [0.1, 0.15) is 5.82 Å². The minimum Gasteiger partial charge on any atom is -0.501 e. The number of hydrogen-bond acceptors (Lipinski definition) is 7. The van der Waals surface area contributed by atoms with E-state index in [0.29, 0.717) is 17.8 Å². The molecular formula is C25H29FN6O4. The van der Waals surface area contributed by atoms with Crippen molar-refractivity contribution in [1.82, 2.24) is 24.5 Å². The molecule has 0 bridgehead atoms. The summed E-state index contributed by atoms with van der Waals surface area (Å²) in [6.07, 6.45) is 1.42. The number of rotatable bonds is 7. The second kappa shape index (κ2) is 10.8. The Balaban J connectivity index is 1.62. The Morgan fingerprint density at radius 3 is 2.50 bits per heavy atom. The molecule has 1 aliphatic rings. The van der Waals surface area contributed by atoms with E-state index in [2.05, 4.69) is 20.1 Å². The van der Waals surface area contributed by atoms with Crippen molar-refractivity contribution < 1.29 is 19.1 Å². The summed E-state index contributed by atoms with van der Waals surface area (Å²) in [6, 6.07) is 8.81. The topological polar surface area (TPSA) is 110 Å². The summed E-state index contributed by atoms with van der Waals surface area (Å²) >= 11 is 0. The number of piperazine rings is 1. The lowest BCUT2D eigenvalue weighted by atomic mass is 10.2. The molecule has 2 aromatic heterocycles. The predicted molar refractivity (Wildman–Crippen MR) is 133 cm³/mol. The van der Waals surface area contributed by atoms with Crippen molar-refractivity contribution in [3.63, 3.8) is 0 Å². The van der Waals surface area contributed by atoms with Crippen molar-refractivity contribution in [2.75, 3.05) is 51.2 Å². The van der Waals surface area contributed by atoms with Gasteiger partial charge < -0.3 is 20.2 Å². The van der Waals surface area contributed by atoms with Gasteiger partial charge in [0.2, 0.25) is 11.7 Å². The van der Waals surface area contributed by atoms with Crippen LogP contribution in [0.1, 0.15) is 23.0 Å². The third kappa shape index (κ3) is 5.37. The van der Waals surface area contributed by atoms with E-state index in [0.717, 1.165) is 30.6 Å². The molecule has 11 heteroatoms. The van der Waals surface area contributed by atoms with E-state index >= 15 is 0 Å². The van der Waals surface area contributed by atoms with E-state index in [-0.39, 0.29) is 24.6 Å². The minimum atomic E-state index is -0.823. The molecule has 0 saturated carbocycles. The number of carbonyl (C=O) groups excluding carboxylic acids is 2. The van der Waals surface area contributed by atoms with E-state index in [9.17, 15) is 23.9 Å². The minimum absolute atomic E-state index is 0.0475. The summed E-state index contributed by atoms with van der Waals surface area (Å²) in [6.45, 7) is 5.72. The van der Waals surface area contributed by atoms with E-state index in [4.69, 9.17) is 0 Å². The molecule has 0 unspecified atom stereocenters. The lowest BCUT2D eigenvalue weighted by molar-refractivity contribution is -0.120. The number of aromatic hydroxyl groups is 1. The average molecular weight is 497 g/mol. The van der Waals surface area contributed by atoms with Gasteiger partial charge in [-0.25, -0.2) is 9.37 Å². The molecule has 0 spiro atoms. The Hall–Kier alpha value is -3.83. The Labute approximate surface area is 207 Å². The first-order valence-electron chi connectivity index (χ1n) is 11.8. The van der Waals surface area contributed by atoms with Crippen molar-refractivity contribution in [3.05, 3.63) is 70.0 Å². The Kier molecular flexibility index (Phi) is 7.61. The maximum absolute atomic E-state index is 13.2. The molecule has 1 aliphatic heterocycles. The van der Waals surface area contributed by atoms with Crippen LogP contribution in [0.5, 0.6) is 5.75 Å². The van der Waals surface area contributed by atoms with Crippen LogP contribution >= 0.6 is 0 Å². The molecule has 1 saturated heterocycles. The zero-order chi connectivity index (χ0) is 25.8. The molecule has 10 nitrogen and oxygen atoms in total. The fourth-order valence-electron chi connectivity index (χ4n) is 4.14. The SMILES string of the molecule is CCN(C(=O)CN1CCN(C)CC1)c1cccn2c(=O)c(O)c(C(=O)NCc3ccc(F)cc3)nc12. The highest BCUT2D eigenvalue weighted by Crippen LogP contribution is 2.22. The molecule has 3 aromatic rings. The molecule has 3 heterocycles. The fraction of sp³-hybridized carbons (Fsp3) is 0.360. The van der Waals surface area contributed by atoms with Gasteiger partial charge in [-0.3, -0.25) is 23.7 Å². The molecule has 2 N–H and O–H groups in total. The molecule has 0 radical (unpaired) electrons. The maximum Gasteiger partial charge on any atom is 0.300 e. The van der Waals surface area contributed by atoms with Gasteiger partial charge in [0.25, 0.3) is 5.91 Å². The quantitative estimate of drug-likeness (QED) is 0.504. The number of nitrogens with zero attached hydrogens (tertiary/aromatic N) is 5. The van der Waals surface area contributed by atoms with Gasteiger partial charge in [-0.05, 0) is 43.8 Å². The van der Waals surface area contributed by atoms with E-state index < -0.39 is 28.7 Å². The lowest BCUT2D eigenvalue weighted by Crippen LogP contribution is -2.49. The second-order valence-electron chi connectivity index (χ2n) is 8.73. The summed E-state index contributed by atoms with van der Waals surface area (Å²) in [5.41, 5.74) is -0.188. The number of halogens is 1.